The molecule has 0 spiro atoms. The number of rotatable bonds is 4. The summed E-state index contributed by atoms with van der Waals surface area (Å²) in [5.74, 6) is -3.40. The summed E-state index contributed by atoms with van der Waals surface area (Å²) in [4.78, 5) is 10.4. The van der Waals surface area contributed by atoms with Gasteiger partial charge in [-0.15, -0.1) is 0 Å². The van der Waals surface area contributed by atoms with Crippen LogP contribution in [0.3, 0.4) is 0 Å². The molecule has 15 heavy (non-hydrogen) atoms. The van der Waals surface area contributed by atoms with Crippen LogP contribution >= 0.6 is 0 Å². The molecule has 0 aliphatic rings. The smallest absolute Gasteiger partial charge is 0.335 e. The zero-order chi connectivity index (χ0) is 11.4. The van der Waals surface area contributed by atoms with E-state index in [1.807, 2.05) is 0 Å². The van der Waals surface area contributed by atoms with Crippen molar-refractivity contribution < 1.29 is 23.8 Å². The van der Waals surface area contributed by atoms with Gasteiger partial charge in [0.2, 0.25) is 0 Å². The first kappa shape index (κ1) is 11.4. The predicted octanol–water partition coefficient (Wildman–Crippen LogP) is 1.07. The van der Waals surface area contributed by atoms with E-state index in [0.29, 0.717) is 12.1 Å². The minimum Gasteiger partial charge on any atom is -0.478 e. The van der Waals surface area contributed by atoms with Crippen LogP contribution in [-0.4, -0.2) is 29.3 Å². The second-order valence-electron chi connectivity index (χ2n) is 2.77. The van der Waals surface area contributed by atoms with Crippen molar-refractivity contribution in [1.29, 1.82) is 0 Å². The lowest BCUT2D eigenvalue weighted by molar-refractivity contribution is 0.0696. The van der Waals surface area contributed by atoms with Gasteiger partial charge in [0.05, 0.1) is 12.2 Å². The van der Waals surface area contributed by atoms with E-state index in [1.54, 1.807) is 0 Å². The van der Waals surface area contributed by atoms with Crippen molar-refractivity contribution in [2.45, 2.75) is 0 Å². The maximum Gasteiger partial charge on any atom is 0.335 e. The van der Waals surface area contributed by atoms with Crippen LogP contribution in [0, 0.1) is 11.6 Å². The Bertz CT molecular complexity index is 359. The van der Waals surface area contributed by atoms with Gasteiger partial charge in [-0.25, -0.2) is 13.6 Å². The van der Waals surface area contributed by atoms with E-state index in [1.165, 1.54) is 0 Å². The molecule has 0 saturated heterocycles. The average molecular weight is 217 g/mol. The first-order chi connectivity index (χ1) is 7.06. The molecule has 0 aromatic heterocycles. The van der Waals surface area contributed by atoms with Gasteiger partial charge in [0.25, 0.3) is 0 Å². The zero-order valence-corrected chi connectivity index (χ0v) is 7.63. The van der Waals surface area contributed by atoms with Gasteiger partial charge in [0.1, 0.15) is 17.3 Å². The van der Waals surface area contributed by atoms with Crippen LogP contribution < -0.4 is 5.32 Å². The molecule has 0 heterocycles. The maximum absolute atomic E-state index is 13.1. The van der Waals surface area contributed by atoms with Crippen LogP contribution in [0.2, 0.25) is 0 Å². The summed E-state index contributed by atoms with van der Waals surface area (Å²) in [5.41, 5.74) is -0.895. The number of benzene rings is 1. The molecule has 3 N–H and O–H groups in total. The van der Waals surface area contributed by atoms with Gasteiger partial charge < -0.3 is 15.5 Å². The number of halogens is 2. The first-order valence-electron chi connectivity index (χ1n) is 4.13. The lowest BCUT2D eigenvalue weighted by Gasteiger charge is -2.07. The van der Waals surface area contributed by atoms with Crippen LogP contribution in [0.4, 0.5) is 14.5 Å². The summed E-state index contributed by atoms with van der Waals surface area (Å²) >= 11 is 0. The van der Waals surface area contributed by atoms with Crippen LogP contribution in [0.25, 0.3) is 0 Å². The van der Waals surface area contributed by atoms with E-state index < -0.39 is 28.9 Å². The molecule has 0 aliphatic carbocycles. The molecule has 0 aliphatic heterocycles. The van der Waals surface area contributed by atoms with Gasteiger partial charge in [0, 0.05) is 6.54 Å². The number of hydrogen-bond acceptors (Lipinski definition) is 3. The molecule has 4 nitrogen and oxygen atoms in total. The van der Waals surface area contributed by atoms with E-state index in [2.05, 4.69) is 5.32 Å². The predicted molar refractivity (Wildman–Crippen MR) is 48.9 cm³/mol. The number of aliphatic hydroxyl groups excluding tert-OH is 1. The van der Waals surface area contributed by atoms with Crippen LogP contribution in [0.1, 0.15) is 10.4 Å². The molecule has 1 rings (SSSR count). The Hall–Kier alpha value is -1.69. The van der Waals surface area contributed by atoms with E-state index in [-0.39, 0.29) is 13.2 Å². The molecule has 0 saturated carbocycles. The highest BCUT2D eigenvalue weighted by molar-refractivity contribution is 5.88. The molecule has 0 fully saturated rings. The highest BCUT2D eigenvalue weighted by atomic mass is 19.1. The van der Waals surface area contributed by atoms with E-state index >= 15 is 0 Å². The monoisotopic (exact) mass is 217 g/mol. The third-order valence-electron chi connectivity index (χ3n) is 1.70. The Morgan fingerprint density at radius 2 is 1.87 bits per heavy atom. The normalized spacial score (nSPS) is 10.1. The molecule has 82 valence electrons. The fourth-order valence-corrected chi connectivity index (χ4v) is 1.05. The Kier molecular flexibility index (Phi) is 3.56. The van der Waals surface area contributed by atoms with Crippen molar-refractivity contribution in [1.82, 2.24) is 0 Å². The molecular formula is C9H9F2NO3. The molecule has 0 bridgehead atoms. The van der Waals surface area contributed by atoms with Crippen molar-refractivity contribution in [2.24, 2.45) is 0 Å². The number of hydrogen-bond donors (Lipinski definition) is 3. The summed E-state index contributed by atoms with van der Waals surface area (Å²) in [6.07, 6.45) is 0. The summed E-state index contributed by atoms with van der Waals surface area (Å²) in [6, 6.07) is 1.43. The number of aliphatic hydroxyl groups is 1. The van der Waals surface area contributed by atoms with Gasteiger partial charge in [-0.2, -0.15) is 0 Å². The van der Waals surface area contributed by atoms with Crippen molar-refractivity contribution in [2.75, 3.05) is 18.5 Å². The molecule has 6 heteroatoms. The number of carbonyl (C=O) groups is 1. The molecule has 0 amide bonds. The third-order valence-corrected chi connectivity index (χ3v) is 1.70. The van der Waals surface area contributed by atoms with Crippen molar-refractivity contribution in [3.8, 4) is 0 Å². The van der Waals surface area contributed by atoms with Gasteiger partial charge in [-0.05, 0) is 12.1 Å². The number of anilines is 1. The second kappa shape index (κ2) is 4.70. The highest BCUT2D eigenvalue weighted by Crippen LogP contribution is 2.20. The standard InChI is InChI=1S/C9H9F2NO3/c10-6-3-5(9(14)15)4-7(11)8(6)12-1-2-13/h3-4,12-13H,1-2H2,(H,14,15). The maximum atomic E-state index is 13.1. The Labute approximate surface area is 84.2 Å². The quantitative estimate of drug-likeness (QED) is 0.705. The largest absolute Gasteiger partial charge is 0.478 e. The number of nitrogens with one attached hydrogen (secondary N) is 1. The van der Waals surface area contributed by atoms with E-state index in [9.17, 15) is 13.6 Å². The molecular weight excluding hydrogens is 208 g/mol. The number of carboxylic acid groups (broad SMARTS) is 1. The topological polar surface area (TPSA) is 69.6 Å². The van der Waals surface area contributed by atoms with Gasteiger partial charge in [0.15, 0.2) is 0 Å². The SMILES string of the molecule is O=C(O)c1cc(F)c(NCCO)c(F)c1. The summed E-state index contributed by atoms with van der Waals surface area (Å²) in [7, 11) is 0. The van der Waals surface area contributed by atoms with Crippen LogP contribution in [0.5, 0.6) is 0 Å². The zero-order valence-electron chi connectivity index (χ0n) is 7.63. The van der Waals surface area contributed by atoms with Crippen molar-refractivity contribution >= 4 is 11.7 Å². The minimum atomic E-state index is -1.40. The lowest BCUT2D eigenvalue weighted by atomic mass is 10.2. The highest BCUT2D eigenvalue weighted by Gasteiger charge is 2.13. The van der Waals surface area contributed by atoms with Gasteiger partial charge in [-0.3, -0.25) is 0 Å². The fourth-order valence-electron chi connectivity index (χ4n) is 1.05. The lowest BCUT2D eigenvalue weighted by Crippen LogP contribution is -2.10. The summed E-state index contributed by atoms with van der Waals surface area (Å²) in [6.45, 7) is -0.292. The van der Waals surface area contributed by atoms with Crippen LogP contribution in [0.15, 0.2) is 12.1 Å². The number of aromatic carboxylic acids is 1. The Balaban J connectivity index is 3.04. The Morgan fingerprint density at radius 1 is 1.33 bits per heavy atom. The first-order valence-corrected chi connectivity index (χ1v) is 4.13. The third kappa shape index (κ3) is 2.63. The Morgan fingerprint density at radius 3 is 2.27 bits per heavy atom. The molecule has 0 unspecified atom stereocenters. The van der Waals surface area contributed by atoms with E-state index in [0.717, 1.165) is 0 Å². The molecule has 0 atom stereocenters. The average Bonchev–Trinajstić information content (AvgIpc) is 2.16. The van der Waals surface area contributed by atoms with Crippen molar-refractivity contribution in [3.05, 3.63) is 29.3 Å². The summed E-state index contributed by atoms with van der Waals surface area (Å²) in [5, 5.41) is 19.3. The fraction of sp³-hybridized carbons (Fsp3) is 0.222. The number of carboxylic acids is 1. The van der Waals surface area contributed by atoms with Gasteiger partial charge >= 0.3 is 5.97 Å². The molecule has 1 aromatic carbocycles. The van der Waals surface area contributed by atoms with Gasteiger partial charge in [-0.1, -0.05) is 0 Å². The summed E-state index contributed by atoms with van der Waals surface area (Å²) < 4.78 is 26.3. The van der Waals surface area contributed by atoms with Crippen molar-refractivity contribution in [3.63, 3.8) is 0 Å². The molecule has 1 aromatic rings. The molecule has 0 radical (unpaired) electrons. The second-order valence-corrected chi connectivity index (χ2v) is 2.77. The van der Waals surface area contributed by atoms with E-state index in [4.69, 9.17) is 10.2 Å². The van der Waals surface area contributed by atoms with Crippen LogP contribution in [-0.2, 0) is 0 Å². The minimum absolute atomic E-state index is 0.0136.